The third kappa shape index (κ3) is 55.6. The van der Waals surface area contributed by atoms with Gasteiger partial charge < -0.3 is 14.2 Å². The Bertz CT molecular complexity index is 1060. The normalized spacial score (nSPS) is 12.4. The summed E-state index contributed by atoms with van der Waals surface area (Å²) in [5.41, 5.74) is 0. The number of hydrogen-bond acceptors (Lipinski definition) is 6. The molecule has 0 aromatic heterocycles. The van der Waals surface area contributed by atoms with Crippen molar-refractivity contribution in [1.29, 1.82) is 0 Å². The van der Waals surface area contributed by atoms with Gasteiger partial charge in [0.15, 0.2) is 6.10 Å². The van der Waals surface area contributed by atoms with Gasteiger partial charge in [-0.15, -0.1) is 0 Å². The average molecular weight is 976 g/mol. The molecule has 1 unspecified atom stereocenters. The molecule has 0 aromatic carbocycles. The van der Waals surface area contributed by atoms with Crippen LogP contribution in [0.1, 0.15) is 356 Å². The van der Waals surface area contributed by atoms with Gasteiger partial charge in [-0.1, -0.05) is 317 Å². The van der Waals surface area contributed by atoms with E-state index in [1.807, 2.05) is 0 Å². The standard InChI is InChI=1S/C63H122O6/c1-6-8-9-10-11-12-13-14-15-16-17-24-30-35-40-45-50-55-63(66)69-60(57-68-62(65)54-49-44-39-34-29-25-20-21-26-31-36-41-46-51-58(3)4)56-67-61(64)53-48-43-38-33-28-23-19-18-22-27-32-37-42-47-52-59(5)7-2/h58-60H,6-57H2,1-5H3/t59?,60-/m0/s1. The van der Waals surface area contributed by atoms with Gasteiger partial charge in [0.05, 0.1) is 0 Å². The van der Waals surface area contributed by atoms with E-state index in [9.17, 15) is 14.4 Å². The largest absolute Gasteiger partial charge is 0.462 e. The first-order valence-electron chi connectivity index (χ1n) is 31.3. The van der Waals surface area contributed by atoms with Crippen LogP contribution in [0.25, 0.3) is 0 Å². The minimum Gasteiger partial charge on any atom is -0.462 e. The zero-order chi connectivity index (χ0) is 50.4. The molecule has 0 saturated carbocycles. The molecule has 0 heterocycles. The second-order valence-electron chi connectivity index (χ2n) is 22.4. The van der Waals surface area contributed by atoms with E-state index in [1.165, 1.54) is 244 Å². The molecule has 0 bridgehead atoms. The summed E-state index contributed by atoms with van der Waals surface area (Å²) < 4.78 is 17.0. The van der Waals surface area contributed by atoms with Crippen LogP contribution in [0.4, 0.5) is 0 Å². The predicted octanol–water partition coefficient (Wildman–Crippen LogP) is 20.8. The van der Waals surface area contributed by atoms with Crippen molar-refractivity contribution in [2.75, 3.05) is 13.2 Å². The summed E-state index contributed by atoms with van der Waals surface area (Å²) in [4.78, 5) is 38.3. The highest BCUT2D eigenvalue weighted by Gasteiger charge is 2.19. The molecule has 0 saturated heterocycles. The van der Waals surface area contributed by atoms with E-state index in [4.69, 9.17) is 14.2 Å². The maximum Gasteiger partial charge on any atom is 0.306 e. The topological polar surface area (TPSA) is 78.9 Å². The van der Waals surface area contributed by atoms with Crippen LogP contribution >= 0.6 is 0 Å². The van der Waals surface area contributed by atoms with Gasteiger partial charge >= 0.3 is 17.9 Å². The van der Waals surface area contributed by atoms with Gasteiger partial charge in [0, 0.05) is 19.3 Å². The molecule has 0 aromatic rings. The smallest absolute Gasteiger partial charge is 0.306 e. The number of unbranched alkanes of at least 4 members (excludes halogenated alkanes) is 41. The lowest BCUT2D eigenvalue weighted by atomic mass is 9.99. The molecule has 0 spiro atoms. The van der Waals surface area contributed by atoms with Crippen molar-refractivity contribution in [1.82, 2.24) is 0 Å². The third-order valence-corrected chi connectivity index (χ3v) is 14.8. The van der Waals surface area contributed by atoms with E-state index in [1.54, 1.807) is 0 Å². The van der Waals surface area contributed by atoms with Crippen molar-refractivity contribution < 1.29 is 28.6 Å². The number of rotatable bonds is 57. The monoisotopic (exact) mass is 975 g/mol. The highest BCUT2D eigenvalue weighted by atomic mass is 16.6. The number of hydrogen-bond donors (Lipinski definition) is 0. The highest BCUT2D eigenvalue weighted by molar-refractivity contribution is 5.71. The van der Waals surface area contributed by atoms with E-state index in [0.717, 1.165) is 69.6 Å². The van der Waals surface area contributed by atoms with Crippen molar-refractivity contribution in [3.8, 4) is 0 Å². The summed E-state index contributed by atoms with van der Waals surface area (Å²) in [5.74, 6) is 0.903. The summed E-state index contributed by atoms with van der Waals surface area (Å²) >= 11 is 0. The fourth-order valence-corrected chi connectivity index (χ4v) is 9.73. The van der Waals surface area contributed by atoms with Crippen LogP contribution in [0.5, 0.6) is 0 Å². The van der Waals surface area contributed by atoms with Crippen LogP contribution in [0.2, 0.25) is 0 Å². The Morgan fingerprint density at radius 2 is 0.551 bits per heavy atom. The van der Waals surface area contributed by atoms with Gasteiger partial charge in [-0.3, -0.25) is 14.4 Å². The Labute approximate surface area is 431 Å². The van der Waals surface area contributed by atoms with E-state index in [0.29, 0.717) is 19.3 Å². The van der Waals surface area contributed by atoms with Gasteiger partial charge in [-0.2, -0.15) is 0 Å². The maximum atomic E-state index is 12.9. The quantitative estimate of drug-likeness (QED) is 0.0343. The fraction of sp³-hybridized carbons (Fsp3) is 0.952. The summed E-state index contributed by atoms with van der Waals surface area (Å²) in [7, 11) is 0. The van der Waals surface area contributed by atoms with Gasteiger partial charge in [0.2, 0.25) is 0 Å². The Kier molecular flexibility index (Phi) is 54.4. The molecule has 0 aliphatic carbocycles. The highest BCUT2D eigenvalue weighted by Crippen LogP contribution is 2.19. The Morgan fingerprint density at radius 3 is 0.826 bits per heavy atom. The maximum absolute atomic E-state index is 12.9. The molecule has 0 aliphatic heterocycles. The zero-order valence-corrected chi connectivity index (χ0v) is 47.5. The third-order valence-electron chi connectivity index (χ3n) is 14.8. The van der Waals surface area contributed by atoms with Crippen molar-refractivity contribution >= 4 is 17.9 Å². The summed E-state index contributed by atoms with van der Waals surface area (Å²) in [5, 5.41) is 0. The second-order valence-corrected chi connectivity index (χ2v) is 22.4. The van der Waals surface area contributed by atoms with Crippen LogP contribution < -0.4 is 0 Å². The number of carbonyl (C=O) groups excluding carboxylic acids is 3. The van der Waals surface area contributed by atoms with Crippen LogP contribution in [-0.4, -0.2) is 37.2 Å². The first-order valence-corrected chi connectivity index (χ1v) is 31.3. The molecule has 0 rings (SSSR count). The van der Waals surface area contributed by atoms with Crippen LogP contribution in [0.3, 0.4) is 0 Å². The molecule has 0 amide bonds. The summed E-state index contributed by atoms with van der Waals surface area (Å²) in [6, 6.07) is 0. The molecule has 0 N–H and O–H groups in total. The first-order chi connectivity index (χ1) is 33.8. The van der Waals surface area contributed by atoms with E-state index in [2.05, 4.69) is 34.6 Å². The minimum absolute atomic E-state index is 0.0621. The molecular formula is C63H122O6. The Hall–Kier alpha value is -1.59. The summed E-state index contributed by atoms with van der Waals surface area (Å²) in [6.45, 7) is 11.5. The summed E-state index contributed by atoms with van der Waals surface area (Å²) in [6.07, 6.45) is 60.9. The van der Waals surface area contributed by atoms with Crippen LogP contribution in [0, 0.1) is 11.8 Å². The van der Waals surface area contributed by atoms with Crippen molar-refractivity contribution in [2.45, 2.75) is 362 Å². The molecule has 410 valence electrons. The molecule has 2 atom stereocenters. The van der Waals surface area contributed by atoms with E-state index >= 15 is 0 Å². The molecule has 0 radical (unpaired) electrons. The van der Waals surface area contributed by atoms with E-state index < -0.39 is 6.10 Å². The van der Waals surface area contributed by atoms with Gasteiger partial charge in [0.25, 0.3) is 0 Å². The zero-order valence-electron chi connectivity index (χ0n) is 47.5. The lowest BCUT2D eigenvalue weighted by molar-refractivity contribution is -0.167. The lowest BCUT2D eigenvalue weighted by Gasteiger charge is -2.18. The van der Waals surface area contributed by atoms with Crippen LogP contribution in [0.15, 0.2) is 0 Å². The van der Waals surface area contributed by atoms with Gasteiger partial charge in [-0.05, 0) is 31.1 Å². The Morgan fingerprint density at radius 1 is 0.304 bits per heavy atom. The molecule has 6 heteroatoms. The molecule has 0 fully saturated rings. The average Bonchev–Trinajstić information content (AvgIpc) is 3.34. The van der Waals surface area contributed by atoms with Crippen LogP contribution in [-0.2, 0) is 28.6 Å². The van der Waals surface area contributed by atoms with Crippen molar-refractivity contribution in [3.63, 3.8) is 0 Å². The molecule has 0 aliphatic rings. The van der Waals surface area contributed by atoms with Crippen molar-refractivity contribution in [2.24, 2.45) is 11.8 Å². The number of carbonyl (C=O) groups is 3. The second kappa shape index (κ2) is 55.7. The number of esters is 3. The van der Waals surface area contributed by atoms with Crippen molar-refractivity contribution in [3.05, 3.63) is 0 Å². The first kappa shape index (κ1) is 67.4. The Balaban J connectivity index is 4.30. The van der Waals surface area contributed by atoms with Gasteiger partial charge in [-0.25, -0.2) is 0 Å². The molecule has 6 nitrogen and oxygen atoms in total. The number of ether oxygens (including phenoxy) is 3. The lowest BCUT2D eigenvalue weighted by Crippen LogP contribution is -2.30. The molecular weight excluding hydrogens is 853 g/mol. The van der Waals surface area contributed by atoms with E-state index in [-0.39, 0.29) is 31.1 Å². The molecule has 69 heavy (non-hydrogen) atoms. The SMILES string of the molecule is CCCCCCCCCCCCCCCCCCCC(=O)O[C@@H](COC(=O)CCCCCCCCCCCCCCCCC(C)CC)COC(=O)CCCCCCCCCCCCCCCC(C)C. The predicted molar refractivity (Wildman–Crippen MR) is 298 cm³/mol. The minimum atomic E-state index is -0.763. The van der Waals surface area contributed by atoms with Gasteiger partial charge in [0.1, 0.15) is 13.2 Å². The fourth-order valence-electron chi connectivity index (χ4n) is 9.73.